The highest BCUT2D eigenvalue weighted by atomic mass is 32.2. The molecular weight excluding hydrogens is 274 g/mol. The lowest BCUT2D eigenvalue weighted by atomic mass is 10.2. The lowest BCUT2D eigenvalue weighted by Gasteiger charge is -2.08. The third-order valence-corrected chi connectivity index (χ3v) is 4.20. The molecule has 2 aromatic rings. The number of hydrogen-bond acceptors (Lipinski definition) is 4. The zero-order valence-electron chi connectivity index (χ0n) is 11.2. The summed E-state index contributed by atoms with van der Waals surface area (Å²) in [4.78, 5) is 4.17. The highest BCUT2D eigenvalue weighted by Gasteiger charge is 2.13. The van der Waals surface area contributed by atoms with E-state index >= 15 is 0 Å². The predicted octanol–water partition coefficient (Wildman–Crippen LogP) is 1.28. The molecule has 0 aliphatic heterocycles. The van der Waals surface area contributed by atoms with E-state index in [1.807, 2.05) is 13.1 Å². The summed E-state index contributed by atoms with van der Waals surface area (Å²) < 4.78 is 27.0. The SMILES string of the molecule is CNCc1cccc(S(=O)(=O)NCc2ccncc2)c1. The van der Waals surface area contributed by atoms with Crippen LogP contribution in [-0.2, 0) is 23.1 Å². The Morgan fingerprint density at radius 3 is 2.50 bits per heavy atom. The van der Waals surface area contributed by atoms with Crippen molar-refractivity contribution in [3.8, 4) is 0 Å². The highest BCUT2D eigenvalue weighted by molar-refractivity contribution is 7.89. The lowest BCUT2D eigenvalue weighted by Crippen LogP contribution is -2.23. The fourth-order valence-corrected chi connectivity index (χ4v) is 2.88. The molecule has 0 fully saturated rings. The monoisotopic (exact) mass is 291 g/mol. The van der Waals surface area contributed by atoms with E-state index in [9.17, 15) is 8.42 Å². The molecule has 0 spiro atoms. The van der Waals surface area contributed by atoms with Crippen LogP contribution in [0.15, 0.2) is 53.7 Å². The van der Waals surface area contributed by atoms with Gasteiger partial charge in [0.2, 0.25) is 10.0 Å². The maximum absolute atomic E-state index is 12.2. The van der Waals surface area contributed by atoms with Gasteiger partial charge in [-0.2, -0.15) is 0 Å². The first kappa shape index (κ1) is 14.6. The third kappa shape index (κ3) is 3.86. The molecular formula is C14H17N3O2S. The van der Waals surface area contributed by atoms with Gasteiger partial charge in [-0.1, -0.05) is 12.1 Å². The van der Waals surface area contributed by atoms with Crippen molar-refractivity contribution in [3.63, 3.8) is 0 Å². The summed E-state index contributed by atoms with van der Waals surface area (Å²) >= 11 is 0. The van der Waals surface area contributed by atoms with Gasteiger partial charge in [-0.3, -0.25) is 4.98 Å². The van der Waals surface area contributed by atoms with Crippen molar-refractivity contribution >= 4 is 10.0 Å². The van der Waals surface area contributed by atoms with Crippen LogP contribution in [0.2, 0.25) is 0 Å². The fraction of sp³-hybridized carbons (Fsp3) is 0.214. The number of aromatic nitrogens is 1. The number of hydrogen-bond donors (Lipinski definition) is 2. The van der Waals surface area contributed by atoms with Gasteiger partial charge in [-0.05, 0) is 42.4 Å². The van der Waals surface area contributed by atoms with Crippen LogP contribution in [0.1, 0.15) is 11.1 Å². The summed E-state index contributed by atoms with van der Waals surface area (Å²) in [7, 11) is -1.68. The second kappa shape index (κ2) is 6.60. The summed E-state index contributed by atoms with van der Waals surface area (Å²) in [6.45, 7) is 0.884. The van der Waals surface area contributed by atoms with Crippen molar-refractivity contribution < 1.29 is 8.42 Å². The van der Waals surface area contributed by atoms with E-state index in [0.717, 1.165) is 11.1 Å². The van der Waals surface area contributed by atoms with E-state index in [1.165, 1.54) is 0 Å². The third-order valence-electron chi connectivity index (χ3n) is 2.81. The number of benzene rings is 1. The number of pyridine rings is 1. The van der Waals surface area contributed by atoms with Gasteiger partial charge in [0.05, 0.1) is 4.90 Å². The van der Waals surface area contributed by atoms with Crippen molar-refractivity contribution in [2.24, 2.45) is 0 Å². The minimum absolute atomic E-state index is 0.251. The quantitative estimate of drug-likeness (QED) is 0.841. The van der Waals surface area contributed by atoms with Crippen molar-refractivity contribution in [1.29, 1.82) is 0 Å². The molecule has 0 aliphatic carbocycles. The first-order valence-corrected chi connectivity index (χ1v) is 7.72. The Balaban J connectivity index is 2.12. The molecule has 0 bridgehead atoms. The Hall–Kier alpha value is -1.76. The normalized spacial score (nSPS) is 11.4. The molecule has 1 aromatic carbocycles. The van der Waals surface area contributed by atoms with Gasteiger partial charge >= 0.3 is 0 Å². The number of rotatable bonds is 6. The average molecular weight is 291 g/mol. The maximum atomic E-state index is 12.2. The molecule has 0 amide bonds. The van der Waals surface area contributed by atoms with Crippen LogP contribution in [0.25, 0.3) is 0 Å². The molecule has 1 aromatic heterocycles. The Morgan fingerprint density at radius 2 is 1.80 bits per heavy atom. The molecule has 6 heteroatoms. The van der Waals surface area contributed by atoms with Gasteiger partial charge in [0.15, 0.2) is 0 Å². The van der Waals surface area contributed by atoms with Crippen molar-refractivity contribution in [3.05, 3.63) is 59.9 Å². The van der Waals surface area contributed by atoms with Gasteiger partial charge in [-0.15, -0.1) is 0 Å². The summed E-state index contributed by atoms with van der Waals surface area (Å²) in [5, 5.41) is 3.00. The zero-order valence-corrected chi connectivity index (χ0v) is 12.0. The smallest absolute Gasteiger partial charge is 0.240 e. The molecule has 0 saturated carbocycles. The Labute approximate surface area is 119 Å². The average Bonchev–Trinajstić information content (AvgIpc) is 2.47. The van der Waals surface area contributed by atoms with Gasteiger partial charge < -0.3 is 5.32 Å². The van der Waals surface area contributed by atoms with Crippen LogP contribution in [0, 0.1) is 0 Å². The van der Waals surface area contributed by atoms with Crippen molar-refractivity contribution in [1.82, 2.24) is 15.0 Å². The first-order valence-electron chi connectivity index (χ1n) is 6.24. The Morgan fingerprint density at radius 1 is 1.05 bits per heavy atom. The molecule has 1 heterocycles. The minimum atomic E-state index is -3.50. The van der Waals surface area contributed by atoms with E-state index in [-0.39, 0.29) is 11.4 Å². The lowest BCUT2D eigenvalue weighted by molar-refractivity contribution is 0.581. The molecule has 0 radical (unpaired) electrons. The fourth-order valence-electron chi connectivity index (χ4n) is 1.79. The molecule has 2 N–H and O–H groups in total. The highest BCUT2D eigenvalue weighted by Crippen LogP contribution is 2.12. The van der Waals surface area contributed by atoms with Crippen LogP contribution in [0.4, 0.5) is 0 Å². The topological polar surface area (TPSA) is 71.1 Å². The molecule has 106 valence electrons. The Bertz CT molecular complexity index is 657. The van der Waals surface area contributed by atoms with E-state index in [0.29, 0.717) is 6.54 Å². The summed E-state index contributed by atoms with van der Waals surface area (Å²) in [5.74, 6) is 0. The molecule has 2 rings (SSSR count). The van der Waals surface area contributed by atoms with Gasteiger partial charge in [0, 0.05) is 25.5 Å². The second-order valence-electron chi connectivity index (χ2n) is 4.36. The first-order chi connectivity index (χ1) is 9.62. The molecule has 0 atom stereocenters. The zero-order chi connectivity index (χ0) is 14.4. The molecule has 20 heavy (non-hydrogen) atoms. The van der Waals surface area contributed by atoms with Crippen LogP contribution < -0.4 is 10.0 Å². The van der Waals surface area contributed by atoms with Crippen LogP contribution >= 0.6 is 0 Å². The summed E-state index contributed by atoms with van der Waals surface area (Å²) in [6, 6.07) is 10.4. The van der Waals surface area contributed by atoms with Gasteiger partial charge in [0.25, 0.3) is 0 Å². The molecule has 0 unspecified atom stereocenters. The largest absolute Gasteiger partial charge is 0.316 e. The van der Waals surface area contributed by atoms with E-state index in [1.54, 1.807) is 42.7 Å². The number of sulfonamides is 1. The molecule has 0 aliphatic rings. The van der Waals surface area contributed by atoms with E-state index < -0.39 is 10.0 Å². The van der Waals surface area contributed by atoms with Crippen molar-refractivity contribution in [2.45, 2.75) is 18.0 Å². The van der Waals surface area contributed by atoms with E-state index in [4.69, 9.17) is 0 Å². The van der Waals surface area contributed by atoms with Gasteiger partial charge in [0.1, 0.15) is 0 Å². The summed E-state index contributed by atoms with van der Waals surface area (Å²) in [6.07, 6.45) is 3.27. The summed E-state index contributed by atoms with van der Waals surface area (Å²) in [5.41, 5.74) is 1.80. The van der Waals surface area contributed by atoms with Crippen LogP contribution in [-0.4, -0.2) is 20.4 Å². The van der Waals surface area contributed by atoms with Crippen molar-refractivity contribution in [2.75, 3.05) is 7.05 Å². The van der Waals surface area contributed by atoms with E-state index in [2.05, 4.69) is 15.0 Å². The second-order valence-corrected chi connectivity index (χ2v) is 6.12. The standard InChI is InChI=1S/C14H17N3O2S/c1-15-10-13-3-2-4-14(9-13)20(18,19)17-11-12-5-7-16-8-6-12/h2-9,15,17H,10-11H2,1H3. The van der Waals surface area contributed by atoms with Crippen LogP contribution in [0.5, 0.6) is 0 Å². The molecule has 0 saturated heterocycles. The van der Waals surface area contributed by atoms with Gasteiger partial charge in [-0.25, -0.2) is 13.1 Å². The number of nitrogens with zero attached hydrogens (tertiary/aromatic N) is 1. The van der Waals surface area contributed by atoms with Crippen LogP contribution in [0.3, 0.4) is 0 Å². The maximum Gasteiger partial charge on any atom is 0.240 e. The molecule has 5 nitrogen and oxygen atoms in total. The predicted molar refractivity (Wildman–Crippen MR) is 77.5 cm³/mol. The minimum Gasteiger partial charge on any atom is -0.316 e. The Kier molecular flexibility index (Phi) is 4.84. The number of nitrogens with one attached hydrogen (secondary N) is 2.